The van der Waals surface area contributed by atoms with Crippen LogP contribution in [-0.2, 0) is 0 Å². The molecule has 1 aliphatic heterocycles. The quantitative estimate of drug-likeness (QED) is 0.497. The van der Waals surface area contributed by atoms with Crippen molar-refractivity contribution in [1.29, 1.82) is 0 Å². The van der Waals surface area contributed by atoms with Gasteiger partial charge in [0, 0.05) is 75.4 Å². The second-order valence-corrected chi connectivity index (χ2v) is 6.67. The van der Waals surface area contributed by atoms with Crippen LogP contribution in [0.5, 0.6) is 0 Å². The lowest BCUT2D eigenvalue weighted by atomic mass is 10.5. The van der Waals surface area contributed by atoms with E-state index in [4.69, 9.17) is 0 Å². The second-order valence-electron chi connectivity index (χ2n) is 4.22. The molecule has 0 bridgehead atoms. The molecular formula is C12H28N4S2. The normalized spacial score (nSPS) is 24.0. The summed E-state index contributed by atoms with van der Waals surface area (Å²) in [5.74, 6) is 4.87. The summed E-state index contributed by atoms with van der Waals surface area (Å²) in [4.78, 5) is 0. The van der Waals surface area contributed by atoms with Crippen LogP contribution in [0.3, 0.4) is 0 Å². The highest BCUT2D eigenvalue weighted by molar-refractivity contribution is 7.99. The van der Waals surface area contributed by atoms with Gasteiger partial charge in [0.05, 0.1) is 0 Å². The van der Waals surface area contributed by atoms with Gasteiger partial charge in [-0.05, 0) is 0 Å². The van der Waals surface area contributed by atoms with Crippen molar-refractivity contribution in [2.45, 2.75) is 0 Å². The predicted octanol–water partition coefficient (Wildman–Crippen LogP) is -0.175. The Balaban J connectivity index is 2.00. The first-order valence-corrected chi connectivity index (χ1v) is 9.29. The highest BCUT2D eigenvalue weighted by Crippen LogP contribution is 1.96. The molecule has 1 fully saturated rings. The van der Waals surface area contributed by atoms with Crippen LogP contribution in [0.4, 0.5) is 0 Å². The fraction of sp³-hybridized carbons (Fsp3) is 1.00. The van der Waals surface area contributed by atoms with Gasteiger partial charge in [0.25, 0.3) is 0 Å². The summed E-state index contributed by atoms with van der Waals surface area (Å²) in [7, 11) is 0. The third-order valence-corrected chi connectivity index (χ3v) is 4.62. The monoisotopic (exact) mass is 292 g/mol. The van der Waals surface area contributed by atoms with E-state index in [1.807, 2.05) is 23.5 Å². The van der Waals surface area contributed by atoms with Gasteiger partial charge >= 0.3 is 0 Å². The lowest BCUT2D eigenvalue weighted by Gasteiger charge is -2.09. The standard InChI is InChI=1S/C12H28N4S2/c1-2-14-6-10-18-12-8-16-4-3-15-7-11-17-9-5-13-1/h13-16H,1-12H2. The van der Waals surface area contributed by atoms with E-state index in [-0.39, 0.29) is 0 Å². The van der Waals surface area contributed by atoms with Gasteiger partial charge in [-0.3, -0.25) is 0 Å². The average molecular weight is 293 g/mol. The molecule has 0 aromatic heterocycles. The number of rotatable bonds is 0. The topological polar surface area (TPSA) is 48.1 Å². The molecule has 1 aliphatic rings. The van der Waals surface area contributed by atoms with Gasteiger partial charge in [0.1, 0.15) is 0 Å². The SMILES string of the molecule is C1CNCCSCCNCCNCCSCCN1. The van der Waals surface area contributed by atoms with Crippen molar-refractivity contribution >= 4 is 23.5 Å². The molecule has 0 radical (unpaired) electrons. The van der Waals surface area contributed by atoms with Crippen LogP contribution in [-0.4, -0.2) is 75.4 Å². The second kappa shape index (κ2) is 14.0. The summed E-state index contributed by atoms with van der Waals surface area (Å²) < 4.78 is 0. The Hall–Kier alpha value is 0.540. The summed E-state index contributed by atoms with van der Waals surface area (Å²) in [6.45, 7) is 8.86. The molecule has 1 rings (SSSR count). The Labute approximate surface area is 120 Å². The van der Waals surface area contributed by atoms with Crippen molar-refractivity contribution in [3.63, 3.8) is 0 Å². The highest BCUT2D eigenvalue weighted by Gasteiger charge is 1.94. The largest absolute Gasteiger partial charge is 0.315 e. The molecular weight excluding hydrogens is 264 g/mol. The Morgan fingerprint density at radius 3 is 0.944 bits per heavy atom. The summed E-state index contributed by atoms with van der Waals surface area (Å²) in [6, 6.07) is 0. The first-order valence-electron chi connectivity index (χ1n) is 6.98. The van der Waals surface area contributed by atoms with Crippen molar-refractivity contribution in [3.8, 4) is 0 Å². The molecule has 108 valence electrons. The predicted molar refractivity (Wildman–Crippen MR) is 86.1 cm³/mol. The van der Waals surface area contributed by atoms with E-state index in [0.717, 1.165) is 52.4 Å². The fourth-order valence-corrected chi connectivity index (χ4v) is 3.20. The molecule has 6 heteroatoms. The summed E-state index contributed by atoms with van der Waals surface area (Å²) in [5, 5.41) is 13.9. The smallest absolute Gasteiger partial charge is 0.00770 e. The maximum absolute atomic E-state index is 3.47. The lowest BCUT2D eigenvalue weighted by Crippen LogP contribution is -2.31. The van der Waals surface area contributed by atoms with Gasteiger partial charge in [0.15, 0.2) is 0 Å². The van der Waals surface area contributed by atoms with E-state index >= 15 is 0 Å². The number of hydrogen-bond acceptors (Lipinski definition) is 6. The molecule has 0 amide bonds. The maximum Gasteiger partial charge on any atom is 0.00770 e. The van der Waals surface area contributed by atoms with E-state index in [0.29, 0.717) is 0 Å². The first-order chi connectivity index (χ1) is 9.00. The molecule has 18 heavy (non-hydrogen) atoms. The van der Waals surface area contributed by atoms with Crippen LogP contribution in [0.15, 0.2) is 0 Å². The third kappa shape index (κ3) is 11.6. The lowest BCUT2D eigenvalue weighted by molar-refractivity contribution is 0.639. The Bertz CT molecular complexity index is 97.1. The molecule has 0 unspecified atom stereocenters. The zero-order valence-electron chi connectivity index (χ0n) is 11.3. The number of hydrogen-bond donors (Lipinski definition) is 4. The van der Waals surface area contributed by atoms with E-state index in [1.54, 1.807) is 0 Å². The van der Waals surface area contributed by atoms with Gasteiger partial charge in [0.2, 0.25) is 0 Å². The van der Waals surface area contributed by atoms with E-state index in [1.165, 1.54) is 23.0 Å². The third-order valence-electron chi connectivity index (χ3n) is 2.65. The summed E-state index contributed by atoms with van der Waals surface area (Å²) in [6.07, 6.45) is 0. The average Bonchev–Trinajstić information content (AvgIpc) is 2.39. The molecule has 0 saturated carbocycles. The van der Waals surface area contributed by atoms with Crippen LogP contribution >= 0.6 is 23.5 Å². The molecule has 1 saturated heterocycles. The minimum atomic E-state index is 1.09. The summed E-state index contributed by atoms with van der Waals surface area (Å²) in [5.41, 5.74) is 0. The Morgan fingerprint density at radius 2 is 0.667 bits per heavy atom. The van der Waals surface area contributed by atoms with Crippen molar-refractivity contribution < 1.29 is 0 Å². The Morgan fingerprint density at radius 1 is 0.389 bits per heavy atom. The highest BCUT2D eigenvalue weighted by atomic mass is 32.2. The molecule has 0 aromatic carbocycles. The molecule has 0 spiro atoms. The Kier molecular flexibility index (Phi) is 12.9. The van der Waals surface area contributed by atoms with Gasteiger partial charge in [-0.15, -0.1) is 0 Å². The van der Waals surface area contributed by atoms with Crippen molar-refractivity contribution in [1.82, 2.24) is 21.3 Å². The van der Waals surface area contributed by atoms with Crippen LogP contribution in [0.1, 0.15) is 0 Å². The van der Waals surface area contributed by atoms with Gasteiger partial charge < -0.3 is 21.3 Å². The van der Waals surface area contributed by atoms with Crippen LogP contribution in [0, 0.1) is 0 Å². The number of nitrogens with one attached hydrogen (secondary N) is 4. The number of thioether (sulfide) groups is 2. The minimum absolute atomic E-state index is 1.09. The van der Waals surface area contributed by atoms with E-state index in [2.05, 4.69) is 21.3 Å². The van der Waals surface area contributed by atoms with Gasteiger partial charge in [-0.25, -0.2) is 0 Å². The fourth-order valence-electron chi connectivity index (χ4n) is 1.64. The zero-order chi connectivity index (χ0) is 12.7. The first kappa shape index (κ1) is 16.6. The van der Waals surface area contributed by atoms with E-state index < -0.39 is 0 Å². The zero-order valence-corrected chi connectivity index (χ0v) is 12.9. The molecule has 1 heterocycles. The van der Waals surface area contributed by atoms with Gasteiger partial charge in [-0.1, -0.05) is 0 Å². The summed E-state index contributed by atoms with van der Waals surface area (Å²) >= 11 is 4.05. The van der Waals surface area contributed by atoms with Gasteiger partial charge in [-0.2, -0.15) is 23.5 Å². The van der Waals surface area contributed by atoms with Crippen LogP contribution in [0.25, 0.3) is 0 Å². The molecule has 4 N–H and O–H groups in total. The maximum atomic E-state index is 3.47. The molecule has 0 atom stereocenters. The molecule has 0 aromatic rings. The minimum Gasteiger partial charge on any atom is -0.315 e. The van der Waals surface area contributed by atoms with Crippen molar-refractivity contribution in [2.75, 3.05) is 75.4 Å². The molecule has 0 aliphatic carbocycles. The van der Waals surface area contributed by atoms with E-state index in [9.17, 15) is 0 Å². The molecule has 4 nitrogen and oxygen atoms in total. The van der Waals surface area contributed by atoms with Crippen molar-refractivity contribution in [3.05, 3.63) is 0 Å². The van der Waals surface area contributed by atoms with Crippen molar-refractivity contribution in [2.24, 2.45) is 0 Å². The van der Waals surface area contributed by atoms with Crippen LogP contribution < -0.4 is 21.3 Å². The van der Waals surface area contributed by atoms with Crippen LogP contribution in [0.2, 0.25) is 0 Å².